The van der Waals surface area contributed by atoms with Crippen molar-refractivity contribution in [1.29, 1.82) is 0 Å². The maximum Gasteiger partial charge on any atom is 0.344 e. The Morgan fingerprint density at radius 3 is 2.10 bits per heavy atom. The van der Waals surface area contributed by atoms with E-state index in [9.17, 15) is 19.2 Å². The second-order valence-electron chi connectivity index (χ2n) is 9.31. The third-order valence-electron chi connectivity index (χ3n) is 6.73. The molecule has 0 spiro atoms. The molecule has 1 aromatic rings. The van der Waals surface area contributed by atoms with Gasteiger partial charge >= 0.3 is 11.9 Å². The minimum absolute atomic E-state index is 0.139. The summed E-state index contributed by atoms with van der Waals surface area (Å²) in [5.74, 6) is -2.80. The Labute approximate surface area is 240 Å². The molecular weight excluding hydrogens is 534 g/mol. The van der Waals surface area contributed by atoms with E-state index in [1.807, 2.05) is 39.8 Å². The van der Waals surface area contributed by atoms with Crippen LogP contribution in [0.1, 0.15) is 58.9 Å². The number of rotatable bonds is 12. The SMILES string of the molecule is CCCCN1C(=O)C(=C2Oc3cc(N(CC)CC)ccc3C=C2C(=O)OCC(=O)OC)C(=O)N(CCCC)C1=S. The monoisotopic (exact) mass is 571 g/mol. The van der Waals surface area contributed by atoms with Crippen molar-refractivity contribution < 1.29 is 33.4 Å². The molecule has 0 radical (unpaired) electrons. The molecule has 11 heteroatoms. The van der Waals surface area contributed by atoms with Crippen molar-refractivity contribution >= 4 is 52.8 Å². The Morgan fingerprint density at radius 1 is 0.975 bits per heavy atom. The van der Waals surface area contributed by atoms with E-state index in [0.29, 0.717) is 37.2 Å². The van der Waals surface area contributed by atoms with Crippen molar-refractivity contribution in [2.75, 3.05) is 44.8 Å². The number of thiocarbonyl (C=S) groups is 1. The van der Waals surface area contributed by atoms with E-state index >= 15 is 0 Å². The van der Waals surface area contributed by atoms with E-state index in [1.165, 1.54) is 23.0 Å². The number of anilines is 1. The first kappa shape index (κ1) is 30.8. The number of nitrogens with zero attached hydrogens (tertiary/aromatic N) is 3. The average Bonchev–Trinajstić information content (AvgIpc) is 2.95. The Balaban J connectivity index is 2.20. The molecule has 0 N–H and O–H groups in total. The summed E-state index contributed by atoms with van der Waals surface area (Å²) in [6.07, 6.45) is 4.47. The molecule has 2 amide bonds. The highest BCUT2D eigenvalue weighted by atomic mass is 32.1. The Morgan fingerprint density at radius 2 is 1.57 bits per heavy atom. The fourth-order valence-electron chi connectivity index (χ4n) is 4.40. The van der Waals surface area contributed by atoms with Crippen molar-refractivity contribution in [2.24, 2.45) is 0 Å². The van der Waals surface area contributed by atoms with Gasteiger partial charge < -0.3 is 19.1 Å². The fourth-order valence-corrected chi connectivity index (χ4v) is 4.75. The lowest BCUT2D eigenvalue weighted by molar-refractivity contribution is -0.154. The molecule has 3 rings (SSSR count). The van der Waals surface area contributed by atoms with E-state index in [4.69, 9.17) is 21.7 Å². The molecule has 1 aromatic carbocycles. The van der Waals surface area contributed by atoms with Crippen molar-refractivity contribution in [1.82, 2.24) is 9.80 Å². The molecule has 2 aliphatic rings. The van der Waals surface area contributed by atoms with Crippen LogP contribution in [-0.2, 0) is 28.7 Å². The zero-order chi connectivity index (χ0) is 29.4. The maximum absolute atomic E-state index is 13.8. The van der Waals surface area contributed by atoms with Gasteiger partial charge in [0.1, 0.15) is 16.9 Å². The van der Waals surface area contributed by atoms with Gasteiger partial charge in [-0.15, -0.1) is 0 Å². The second kappa shape index (κ2) is 14.1. The van der Waals surface area contributed by atoms with Gasteiger partial charge in [0, 0.05) is 43.5 Å². The number of amides is 2. The van der Waals surface area contributed by atoms with Gasteiger partial charge in [-0.2, -0.15) is 0 Å². The van der Waals surface area contributed by atoms with Crippen LogP contribution in [0, 0.1) is 0 Å². The van der Waals surface area contributed by atoms with E-state index in [-0.39, 0.29) is 22.0 Å². The van der Waals surface area contributed by atoms with Crippen LogP contribution in [0.3, 0.4) is 0 Å². The van der Waals surface area contributed by atoms with Crippen molar-refractivity contribution in [2.45, 2.75) is 53.4 Å². The predicted molar refractivity (Wildman–Crippen MR) is 154 cm³/mol. The van der Waals surface area contributed by atoms with Gasteiger partial charge in [-0.25, -0.2) is 9.59 Å². The molecule has 0 bridgehead atoms. The molecule has 0 saturated carbocycles. The molecule has 0 aliphatic carbocycles. The number of fused-ring (bicyclic) bond motifs is 1. The smallest absolute Gasteiger partial charge is 0.344 e. The number of benzene rings is 1. The van der Waals surface area contributed by atoms with Crippen LogP contribution in [0.4, 0.5) is 5.69 Å². The number of hydrogen-bond acceptors (Lipinski definition) is 9. The summed E-state index contributed by atoms with van der Waals surface area (Å²) < 4.78 is 16.0. The van der Waals surface area contributed by atoms with Gasteiger partial charge in [-0.3, -0.25) is 19.4 Å². The van der Waals surface area contributed by atoms with E-state index < -0.39 is 30.4 Å². The number of esters is 2. The normalized spacial score (nSPS) is 15.0. The van der Waals surface area contributed by atoms with E-state index in [0.717, 1.165) is 31.6 Å². The number of unbranched alkanes of at least 4 members (excludes halogenated alkanes) is 2. The lowest BCUT2D eigenvalue weighted by Crippen LogP contribution is -2.57. The van der Waals surface area contributed by atoms with E-state index in [1.54, 1.807) is 6.07 Å². The number of carbonyl (C=O) groups is 4. The van der Waals surface area contributed by atoms with Gasteiger partial charge in [-0.05, 0) is 57.1 Å². The average molecular weight is 572 g/mol. The molecule has 0 unspecified atom stereocenters. The number of ether oxygens (including phenoxy) is 3. The van der Waals surface area contributed by atoms with Crippen LogP contribution in [0.15, 0.2) is 35.1 Å². The quantitative estimate of drug-likeness (QED) is 0.160. The minimum atomic E-state index is -0.930. The molecule has 1 fully saturated rings. The molecule has 40 heavy (non-hydrogen) atoms. The molecule has 0 aromatic heterocycles. The highest BCUT2D eigenvalue weighted by Crippen LogP contribution is 2.38. The van der Waals surface area contributed by atoms with Crippen molar-refractivity contribution in [3.63, 3.8) is 0 Å². The Bertz CT molecular complexity index is 1200. The maximum atomic E-state index is 13.8. The highest BCUT2D eigenvalue weighted by Gasteiger charge is 2.44. The summed E-state index contributed by atoms with van der Waals surface area (Å²) in [5, 5.41) is 0.139. The van der Waals surface area contributed by atoms with Gasteiger partial charge in [0.25, 0.3) is 11.8 Å². The third-order valence-corrected chi connectivity index (χ3v) is 7.17. The van der Waals surface area contributed by atoms with Crippen LogP contribution in [-0.4, -0.2) is 78.6 Å². The zero-order valence-corrected chi connectivity index (χ0v) is 24.6. The standard InChI is InChI=1S/C29H37N3O7S/c1-6-10-14-31-26(34)24(27(35)32(29(31)40)15-11-7-2)25-21(28(36)38-18-23(33)37-5)16-19-12-13-20(17-22(19)39-25)30(8-3)9-4/h12-13,16-17H,6-11,14-15,18H2,1-5H3. The largest absolute Gasteiger partial charge is 0.466 e. The molecule has 0 atom stereocenters. The van der Waals surface area contributed by atoms with Gasteiger partial charge in [0.05, 0.1) is 7.11 Å². The summed E-state index contributed by atoms with van der Waals surface area (Å²) in [6, 6.07) is 5.50. The van der Waals surface area contributed by atoms with Crippen LogP contribution >= 0.6 is 12.2 Å². The predicted octanol–water partition coefficient (Wildman–Crippen LogP) is 3.83. The molecule has 2 heterocycles. The first-order chi connectivity index (χ1) is 19.2. The Kier molecular flexibility index (Phi) is 10.8. The van der Waals surface area contributed by atoms with Crippen molar-refractivity contribution in [3.05, 3.63) is 40.7 Å². The van der Waals surface area contributed by atoms with Gasteiger partial charge in [-0.1, -0.05) is 26.7 Å². The third kappa shape index (κ3) is 6.52. The zero-order valence-electron chi connectivity index (χ0n) is 23.8. The van der Waals surface area contributed by atoms with Gasteiger partial charge in [0.15, 0.2) is 17.5 Å². The first-order valence-electron chi connectivity index (χ1n) is 13.7. The number of carbonyl (C=O) groups excluding carboxylic acids is 4. The summed E-state index contributed by atoms with van der Waals surface area (Å²) >= 11 is 5.57. The second-order valence-corrected chi connectivity index (χ2v) is 9.68. The van der Waals surface area contributed by atoms with Crippen molar-refractivity contribution in [3.8, 4) is 5.75 Å². The molecular formula is C29H37N3O7S. The summed E-state index contributed by atoms with van der Waals surface area (Å²) in [5.41, 5.74) is 0.986. The number of methoxy groups -OCH3 is 1. The molecule has 10 nitrogen and oxygen atoms in total. The fraction of sp³-hybridized carbons (Fsp3) is 0.483. The Hall–Kier alpha value is -3.73. The number of hydrogen-bond donors (Lipinski definition) is 0. The highest BCUT2D eigenvalue weighted by molar-refractivity contribution is 7.80. The summed E-state index contributed by atoms with van der Waals surface area (Å²) in [6.45, 7) is 9.56. The van der Waals surface area contributed by atoms with E-state index in [2.05, 4.69) is 9.64 Å². The van der Waals surface area contributed by atoms with Crippen LogP contribution in [0.25, 0.3) is 6.08 Å². The van der Waals surface area contributed by atoms with Crippen LogP contribution < -0.4 is 9.64 Å². The van der Waals surface area contributed by atoms with Crippen LogP contribution in [0.5, 0.6) is 5.75 Å². The first-order valence-corrected chi connectivity index (χ1v) is 14.1. The van der Waals surface area contributed by atoms with Gasteiger partial charge in [0.2, 0.25) is 0 Å². The molecule has 1 saturated heterocycles. The summed E-state index contributed by atoms with van der Waals surface area (Å²) in [4.78, 5) is 57.4. The minimum Gasteiger partial charge on any atom is -0.466 e. The topological polar surface area (TPSA) is 106 Å². The molecule has 216 valence electrons. The lowest BCUT2D eigenvalue weighted by Gasteiger charge is -2.37. The lowest BCUT2D eigenvalue weighted by atomic mass is 9.98. The van der Waals surface area contributed by atoms with Crippen LogP contribution in [0.2, 0.25) is 0 Å². The molecule has 2 aliphatic heterocycles. The summed E-state index contributed by atoms with van der Waals surface area (Å²) in [7, 11) is 1.17.